The Morgan fingerprint density at radius 2 is 1.73 bits per heavy atom. The zero-order valence-electron chi connectivity index (χ0n) is 23.3. The van der Waals surface area contributed by atoms with Crippen molar-refractivity contribution >= 4 is 34.4 Å². The van der Waals surface area contributed by atoms with E-state index in [1.165, 1.54) is 6.33 Å². The van der Waals surface area contributed by atoms with Crippen molar-refractivity contribution in [1.29, 1.82) is 0 Å². The number of hydrogen-bond acceptors (Lipinski definition) is 7. The zero-order valence-corrected chi connectivity index (χ0v) is 23.3. The Morgan fingerprint density at radius 1 is 1.02 bits per heavy atom. The Balaban J connectivity index is 1.20. The van der Waals surface area contributed by atoms with Crippen LogP contribution >= 0.6 is 0 Å². The SMILES string of the molecule is CN(C)C/C=C/C(=O)N1CC2CC(n3nc(-c4ccc(C(=O)Nc5ccccc5)cc4)c4c(N)ncnc43)CC2C1. The molecule has 4 aromatic rings. The Kier molecular flexibility index (Phi) is 7.23. The van der Waals surface area contributed by atoms with E-state index in [0.29, 0.717) is 39.9 Å². The van der Waals surface area contributed by atoms with Crippen molar-refractivity contribution in [2.24, 2.45) is 11.8 Å². The quantitative estimate of drug-likeness (QED) is 0.335. The van der Waals surface area contributed by atoms with Crippen LogP contribution in [0.15, 0.2) is 73.1 Å². The number of carbonyl (C=O) groups excluding carboxylic acids is 2. The normalized spacial score (nSPS) is 20.3. The highest BCUT2D eigenvalue weighted by atomic mass is 16.2. The van der Waals surface area contributed by atoms with Crippen LogP contribution in [0.5, 0.6) is 0 Å². The first kappa shape index (κ1) is 26.6. The standard InChI is InChI=1S/C31H34N8O2/c1-37(2)14-6-9-26(40)38-17-22-15-25(16-23(22)18-38)39-30-27(29(32)33-19-34-30)28(36-39)20-10-12-21(13-11-20)31(41)35-24-7-4-3-5-8-24/h3-13,19,22-23,25H,14-18H2,1-2H3,(H,35,41)(H2,32,33,34)/b9-6+. The lowest BCUT2D eigenvalue weighted by atomic mass is 10.0. The van der Waals surface area contributed by atoms with Crippen LogP contribution in [0.2, 0.25) is 0 Å². The highest BCUT2D eigenvalue weighted by Gasteiger charge is 2.43. The summed E-state index contributed by atoms with van der Waals surface area (Å²) in [5.74, 6) is 1.14. The van der Waals surface area contributed by atoms with Gasteiger partial charge >= 0.3 is 0 Å². The van der Waals surface area contributed by atoms with Crippen LogP contribution in [-0.4, -0.2) is 75.1 Å². The molecule has 2 aromatic heterocycles. The summed E-state index contributed by atoms with van der Waals surface area (Å²) < 4.78 is 2.00. The molecule has 1 aliphatic heterocycles. The number of aromatic nitrogens is 4. The lowest BCUT2D eigenvalue weighted by Crippen LogP contribution is -2.28. The van der Waals surface area contributed by atoms with Crippen LogP contribution in [0.4, 0.5) is 11.5 Å². The van der Waals surface area contributed by atoms with Gasteiger partial charge in [-0.1, -0.05) is 36.4 Å². The molecule has 10 nitrogen and oxygen atoms in total. The summed E-state index contributed by atoms with van der Waals surface area (Å²) in [6.45, 7) is 2.28. The first-order chi connectivity index (χ1) is 19.9. The van der Waals surface area contributed by atoms with Gasteiger partial charge in [0.1, 0.15) is 17.8 Å². The Labute approximate surface area is 238 Å². The van der Waals surface area contributed by atoms with Crippen LogP contribution in [0.3, 0.4) is 0 Å². The number of amides is 2. The fourth-order valence-corrected chi connectivity index (χ4v) is 6.07. The maximum Gasteiger partial charge on any atom is 0.255 e. The molecular formula is C31H34N8O2. The van der Waals surface area contributed by atoms with Crippen molar-refractivity contribution in [2.75, 3.05) is 44.8 Å². The Bertz CT molecular complexity index is 1580. The van der Waals surface area contributed by atoms with E-state index in [0.717, 1.165) is 43.7 Å². The summed E-state index contributed by atoms with van der Waals surface area (Å²) in [6, 6.07) is 16.9. The van der Waals surface area contributed by atoms with Crippen molar-refractivity contribution in [3.63, 3.8) is 0 Å². The summed E-state index contributed by atoms with van der Waals surface area (Å²) >= 11 is 0. The average Bonchev–Trinajstić information content (AvgIpc) is 3.66. The van der Waals surface area contributed by atoms with E-state index in [4.69, 9.17) is 10.8 Å². The first-order valence-corrected chi connectivity index (χ1v) is 13.9. The van der Waals surface area contributed by atoms with E-state index < -0.39 is 0 Å². The largest absolute Gasteiger partial charge is 0.383 e. The van der Waals surface area contributed by atoms with E-state index in [1.807, 2.05) is 77.1 Å². The average molecular weight is 551 g/mol. The minimum atomic E-state index is -0.181. The molecule has 1 saturated carbocycles. The molecule has 2 aromatic carbocycles. The summed E-state index contributed by atoms with van der Waals surface area (Å²) in [5.41, 5.74) is 9.89. The van der Waals surface area contributed by atoms with E-state index >= 15 is 0 Å². The molecular weight excluding hydrogens is 516 g/mol. The molecule has 3 N–H and O–H groups in total. The second-order valence-corrected chi connectivity index (χ2v) is 11.2. The molecule has 10 heteroatoms. The van der Waals surface area contributed by atoms with Gasteiger partial charge in [0.15, 0.2) is 5.65 Å². The highest BCUT2D eigenvalue weighted by molar-refractivity contribution is 6.05. The van der Waals surface area contributed by atoms with Crippen LogP contribution in [0.25, 0.3) is 22.3 Å². The third kappa shape index (κ3) is 5.43. The molecule has 6 rings (SSSR count). The number of likely N-dealkylation sites (tertiary alicyclic amines) is 1. The monoisotopic (exact) mass is 550 g/mol. The number of carbonyl (C=O) groups is 2. The Morgan fingerprint density at radius 3 is 2.41 bits per heavy atom. The Hall–Kier alpha value is -4.57. The van der Waals surface area contributed by atoms with Gasteiger partial charge in [-0.2, -0.15) is 5.10 Å². The molecule has 2 atom stereocenters. The van der Waals surface area contributed by atoms with Crippen molar-refractivity contribution in [3.05, 3.63) is 78.6 Å². The van der Waals surface area contributed by atoms with E-state index in [-0.39, 0.29) is 17.9 Å². The lowest BCUT2D eigenvalue weighted by Gasteiger charge is -2.18. The van der Waals surface area contributed by atoms with Crippen molar-refractivity contribution in [1.82, 2.24) is 29.5 Å². The number of fused-ring (bicyclic) bond motifs is 2. The number of nitrogens with one attached hydrogen (secondary N) is 1. The predicted molar refractivity (Wildman–Crippen MR) is 159 cm³/mol. The summed E-state index contributed by atoms with van der Waals surface area (Å²) in [4.78, 5) is 38.3. The molecule has 0 bridgehead atoms. The minimum absolute atomic E-state index is 0.0889. The van der Waals surface area contributed by atoms with Crippen molar-refractivity contribution < 1.29 is 9.59 Å². The van der Waals surface area contributed by atoms with Crippen molar-refractivity contribution in [3.8, 4) is 11.3 Å². The predicted octanol–water partition coefficient (Wildman–Crippen LogP) is 3.86. The molecule has 2 aliphatic rings. The smallest absolute Gasteiger partial charge is 0.255 e. The van der Waals surface area contributed by atoms with Gasteiger partial charge in [0.2, 0.25) is 5.91 Å². The van der Waals surface area contributed by atoms with E-state index in [2.05, 4.69) is 15.3 Å². The minimum Gasteiger partial charge on any atom is -0.383 e. The van der Waals surface area contributed by atoms with Gasteiger partial charge in [-0.3, -0.25) is 9.59 Å². The lowest BCUT2D eigenvalue weighted by molar-refractivity contribution is -0.125. The molecule has 210 valence electrons. The van der Waals surface area contributed by atoms with Crippen LogP contribution in [-0.2, 0) is 4.79 Å². The molecule has 2 fully saturated rings. The van der Waals surface area contributed by atoms with Crippen LogP contribution in [0, 0.1) is 11.8 Å². The molecule has 1 aliphatic carbocycles. The zero-order chi connectivity index (χ0) is 28.5. The molecule has 0 radical (unpaired) electrons. The molecule has 2 amide bonds. The fourth-order valence-electron chi connectivity index (χ4n) is 6.07. The van der Waals surface area contributed by atoms with Gasteiger partial charge < -0.3 is 20.9 Å². The van der Waals surface area contributed by atoms with Gasteiger partial charge in [-0.25, -0.2) is 14.6 Å². The number of anilines is 2. The third-order valence-electron chi connectivity index (χ3n) is 8.08. The van der Waals surface area contributed by atoms with Crippen LogP contribution in [0.1, 0.15) is 29.2 Å². The van der Waals surface area contributed by atoms with Gasteiger partial charge in [0.25, 0.3) is 5.91 Å². The molecule has 3 heterocycles. The molecule has 0 spiro atoms. The molecule has 1 saturated heterocycles. The van der Waals surface area contributed by atoms with Gasteiger partial charge in [0.05, 0.1) is 11.4 Å². The second kappa shape index (κ2) is 11.1. The number of rotatable bonds is 7. The third-order valence-corrected chi connectivity index (χ3v) is 8.08. The number of nitrogens with zero attached hydrogens (tertiary/aromatic N) is 6. The molecule has 2 unspecified atom stereocenters. The maximum absolute atomic E-state index is 12.7. The number of benzene rings is 2. The fraction of sp³-hybridized carbons (Fsp3) is 0.323. The van der Waals surface area contributed by atoms with Crippen molar-refractivity contribution in [2.45, 2.75) is 18.9 Å². The number of para-hydroxylation sites is 1. The highest BCUT2D eigenvalue weighted by Crippen LogP contribution is 2.45. The number of nitrogens with two attached hydrogens (primary N) is 1. The second-order valence-electron chi connectivity index (χ2n) is 11.2. The molecule has 41 heavy (non-hydrogen) atoms. The van der Waals surface area contributed by atoms with Gasteiger partial charge in [0, 0.05) is 42.5 Å². The van der Waals surface area contributed by atoms with Crippen LogP contribution < -0.4 is 11.1 Å². The summed E-state index contributed by atoms with van der Waals surface area (Å²) in [6.07, 6.45) is 6.95. The number of hydrogen-bond donors (Lipinski definition) is 2. The maximum atomic E-state index is 12.7. The summed E-state index contributed by atoms with van der Waals surface area (Å²) in [7, 11) is 3.97. The van der Waals surface area contributed by atoms with E-state index in [1.54, 1.807) is 18.2 Å². The number of nitrogen functional groups attached to an aromatic ring is 1. The first-order valence-electron chi connectivity index (χ1n) is 13.9. The van der Waals surface area contributed by atoms with E-state index in [9.17, 15) is 9.59 Å². The summed E-state index contributed by atoms with van der Waals surface area (Å²) in [5, 5.41) is 8.65. The van der Waals surface area contributed by atoms with Gasteiger partial charge in [-0.15, -0.1) is 0 Å². The number of likely N-dealkylation sites (N-methyl/N-ethyl adjacent to an activating group) is 1. The van der Waals surface area contributed by atoms with Gasteiger partial charge in [-0.05, 0) is 63.0 Å². The topological polar surface area (TPSA) is 122 Å².